The molecule has 0 bridgehead atoms. The van der Waals surface area contributed by atoms with Crippen LogP contribution in [0, 0.1) is 13.8 Å². The topological polar surface area (TPSA) is 92.8 Å². The minimum Gasteiger partial charge on any atom is -0.462 e. The summed E-state index contributed by atoms with van der Waals surface area (Å²) in [5.41, 5.74) is 1.06. The highest BCUT2D eigenvalue weighted by Crippen LogP contribution is 2.33. The second-order valence-corrected chi connectivity index (χ2v) is 6.76. The lowest BCUT2D eigenvalue weighted by Crippen LogP contribution is -2.45. The van der Waals surface area contributed by atoms with Crippen molar-refractivity contribution in [2.45, 2.75) is 46.6 Å². The van der Waals surface area contributed by atoms with Gasteiger partial charge in [-0.15, -0.1) is 11.3 Å². The molecule has 1 aliphatic heterocycles. The molecule has 1 atom stereocenters. The number of rotatable bonds is 5. The number of anilines is 1. The predicted octanol–water partition coefficient (Wildman–Crippen LogP) is 2.02. The Morgan fingerprint density at radius 2 is 1.83 bits per heavy atom. The van der Waals surface area contributed by atoms with E-state index >= 15 is 0 Å². The summed E-state index contributed by atoms with van der Waals surface area (Å²) < 4.78 is 5.04. The molecular weight excluding hydrogens is 332 g/mol. The van der Waals surface area contributed by atoms with Crippen LogP contribution in [-0.4, -0.2) is 41.2 Å². The van der Waals surface area contributed by atoms with Crippen molar-refractivity contribution in [2.75, 3.05) is 11.9 Å². The number of nitrogens with zero attached hydrogens (tertiary/aromatic N) is 1. The molecule has 8 heteroatoms. The number of ether oxygens (including phenoxy) is 1. The minimum absolute atomic E-state index is 0.127. The molecular formula is C16H20N2O5S. The Hall–Kier alpha value is -2.22. The van der Waals surface area contributed by atoms with Gasteiger partial charge in [0.05, 0.1) is 12.2 Å². The first-order chi connectivity index (χ1) is 11.3. The highest BCUT2D eigenvalue weighted by atomic mass is 32.1. The number of thiophene rings is 1. The van der Waals surface area contributed by atoms with Crippen molar-refractivity contribution in [3.63, 3.8) is 0 Å². The van der Waals surface area contributed by atoms with Crippen LogP contribution >= 0.6 is 11.3 Å². The Bertz CT molecular complexity index is 694. The van der Waals surface area contributed by atoms with Crippen LogP contribution < -0.4 is 5.32 Å². The molecule has 0 unspecified atom stereocenters. The van der Waals surface area contributed by atoms with Gasteiger partial charge >= 0.3 is 5.97 Å². The lowest BCUT2D eigenvalue weighted by atomic mass is 10.1. The standard InChI is InChI=1S/C16H20N2O5S/c1-5-23-16(22)13-8(2)10(4)24-15(13)17-14(21)9(3)18-11(19)6-7-12(18)20/h9H,5-7H2,1-4H3,(H,17,21)/t9-/m0/s1. The molecule has 1 saturated heterocycles. The van der Waals surface area contributed by atoms with Gasteiger partial charge in [0, 0.05) is 17.7 Å². The zero-order valence-corrected chi connectivity index (χ0v) is 14.9. The van der Waals surface area contributed by atoms with Gasteiger partial charge in [0.15, 0.2) is 0 Å². The predicted molar refractivity (Wildman–Crippen MR) is 88.9 cm³/mol. The molecule has 0 spiro atoms. The summed E-state index contributed by atoms with van der Waals surface area (Å²) in [4.78, 5) is 49.9. The van der Waals surface area contributed by atoms with E-state index in [4.69, 9.17) is 4.74 Å². The summed E-state index contributed by atoms with van der Waals surface area (Å²) in [5, 5.41) is 3.04. The summed E-state index contributed by atoms with van der Waals surface area (Å²) in [6.07, 6.45) is 0.253. The van der Waals surface area contributed by atoms with Gasteiger partial charge in [0.2, 0.25) is 17.7 Å². The summed E-state index contributed by atoms with van der Waals surface area (Å²) in [5.74, 6) is -1.72. The van der Waals surface area contributed by atoms with Crippen molar-refractivity contribution in [3.05, 3.63) is 16.0 Å². The number of hydrogen-bond acceptors (Lipinski definition) is 6. The van der Waals surface area contributed by atoms with Crippen molar-refractivity contribution >= 4 is 40.0 Å². The molecule has 0 saturated carbocycles. The van der Waals surface area contributed by atoms with Gasteiger partial charge in [-0.3, -0.25) is 19.3 Å². The van der Waals surface area contributed by atoms with Crippen LogP contribution in [0.1, 0.15) is 47.5 Å². The van der Waals surface area contributed by atoms with E-state index in [0.717, 1.165) is 15.3 Å². The Balaban J connectivity index is 2.23. The van der Waals surface area contributed by atoms with E-state index in [9.17, 15) is 19.2 Å². The van der Waals surface area contributed by atoms with Crippen molar-refractivity contribution in [3.8, 4) is 0 Å². The van der Waals surface area contributed by atoms with Gasteiger partial charge in [-0.05, 0) is 33.3 Å². The lowest BCUT2D eigenvalue weighted by molar-refractivity contribution is -0.144. The molecule has 1 aliphatic rings. The maximum atomic E-state index is 12.4. The van der Waals surface area contributed by atoms with E-state index in [2.05, 4.69) is 5.32 Å². The summed E-state index contributed by atoms with van der Waals surface area (Å²) in [7, 11) is 0. The third kappa shape index (κ3) is 3.33. The lowest BCUT2D eigenvalue weighted by Gasteiger charge is -2.21. The number of imide groups is 1. The molecule has 2 heterocycles. The highest BCUT2D eigenvalue weighted by molar-refractivity contribution is 7.16. The Labute approximate surface area is 144 Å². The van der Waals surface area contributed by atoms with E-state index in [1.54, 1.807) is 13.8 Å². The summed E-state index contributed by atoms with van der Waals surface area (Å²) >= 11 is 1.26. The van der Waals surface area contributed by atoms with E-state index in [1.165, 1.54) is 18.3 Å². The monoisotopic (exact) mass is 352 g/mol. The number of carbonyl (C=O) groups is 4. The molecule has 7 nitrogen and oxygen atoms in total. The van der Waals surface area contributed by atoms with E-state index < -0.39 is 17.9 Å². The molecule has 1 aromatic rings. The molecule has 1 fully saturated rings. The Morgan fingerprint density at radius 3 is 2.38 bits per heavy atom. The summed E-state index contributed by atoms with van der Waals surface area (Å²) in [6, 6.07) is -0.926. The molecule has 1 N–H and O–H groups in total. The van der Waals surface area contributed by atoms with Crippen LogP contribution in [0.4, 0.5) is 5.00 Å². The number of hydrogen-bond donors (Lipinski definition) is 1. The van der Waals surface area contributed by atoms with Crippen molar-refractivity contribution in [1.82, 2.24) is 4.90 Å². The van der Waals surface area contributed by atoms with Gasteiger partial charge in [-0.1, -0.05) is 0 Å². The van der Waals surface area contributed by atoms with E-state index in [1.807, 2.05) is 6.92 Å². The maximum absolute atomic E-state index is 12.4. The van der Waals surface area contributed by atoms with Crippen LogP contribution in [0.3, 0.4) is 0 Å². The first kappa shape index (κ1) is 18.1. The average Bonchev–Trinajstić information content (AvgIpc) is 2.98. The number of aryl methyl sites for hydroxylation is 1. The fraction of sp³-hybridized carbons (Fsp3) is 0.500. The maximum Gasteiger partial charge on any atom is 0.341 e. The van der Waals surface area contributed by atoms with Crippen LogP contribution in [-0.2, 0) is 19.1 Å². The van der Waals surface area contributed by atoms with Crippen molar-refractivity contribution in [1.29, 1.82) is 0 Å². The molecule has 1 aromatic heterocycles. The first-order valence-corrected chi connectivity index (χ1v) is 8.52. The quantitative estimate of drug-likeness (QED) is 0.646. The molecule has 24 heavy (non-hydrogen) atoms. The normalized spacial score (nSPS) is 15.6. The molecule has 3 amide bonds. The van der Waals surface area contributed by atoms with Gasteiger partial charge in [-0.25, -0.2) is 4.79 Å². The van der Waals surface area contributed by atoms with Gasteiger partial charge in [0.1, 0.15) is 11.0 Å². The zero-order chi connectivity index (χ0) is 18.0. The molecule has 0 aromatic carbocycles. The molecule has 0 aliphatic carbocycles. The SMILES string of the molecule is CCOC(=O)c1c(NC(=O)[C@H](C)N2C(=O)CCC2=O)sc(C)c1C. The Kier molecular flexibility index (Phi) is 5.38. The van der Waals surface area contributed by atoms with Crippen LogP contribution in [0.5, 0.6) is 0 Å². The number of carbonyl (C=O) groups excluding carboxylic acids is 4. The minimum atomic E-state index is -0.926. The second-order valence-electron chi connectivity index (χ2n) is 5.53. The molecule has 0 radical (unpaired) electrons. The zero-order valence-electron chi connectivity index (χ0n) is 14.1. The highest BCUT2D eigenvalue weighted by Gasteiger charge is 2.36. The third-order valence-electron chi connectivity index (χ3n) is 3.96. The van der Waals surface area contributed by atoms with Crippen molar-refractivity contribution < 1.29 is 23.9 Å². The fourth-order valence-corrected chi connectivity index (χ4v) is 3.57. The van der Waals surface area contributed by atoms with Crippen LogP contribution in [0.2, 0.25) is 0 Å². The summed E-state index contributed by atoms with van der Waals surface area (Å²) in [6.45, 7) is 7.05. The fourth-order valence-electron chi connectivity index (χ4n) is 2.52. The van der Waals surface area contributed by atoms with E-state index in [0.29, 0.717) is 10.6 Å². The van der Waals surface area contributed by atoms with Gasteiger partial charge in [-0.2, -0.15) is 0 Å². The molecule has 130 valence electrons. The average molecular weight is 352 g/mol. The third-order valence-corrected chi connectivity index (χ3v) is 5.08. The first-order valence-electron chi connectivity index (χ1n) is 7.70. The second kappa shape index (κ2) is 7.12. The largest absolute Gasteiger partial charge is 0.462 e. The molecule has 2 rings (SSSR count). The number of amides is 3. The smallest absolute Gasteiger partial charge is 0.341 e. The van der Waals surface area contributed by atoms with Crippen molar-refractivity contribution in [2.24, 2.45) is 0 Å². The van der Waals surface area contributed by atoms with Crippen LogP contribution in [0.15, 0.2) is 0 Å². The van der Waals surface area contributed by atoms with E-state index in [-0.39, 0.29) is 31.3 Å². The Morgan fingerprint density at radius 1 is 1.25 bits per heavy atom. The number of esters is 1. The van der Waals surface area contributed by atoms with Gasteiger partial charge < -0.3 is 10.1 Å². The van der Waals surface area contributed by atoms with Crippen LogP contribution in [0.25, 0.3) is 0 Å². The number of nitrogens with one attached hydrogen (secondary N) is 1. The van der Waals surface area contributed by atoms with Gasteiger partial charge in [0.25, 0.3) is 0 Å². The number of likely N-dealkylation sites (tertiary alicyclic amines) is 1.